The number of piperidine rings is 1. The molecule has 1 saturated carbocycles. The zero-order valence-corrected chi connectivity index (χ0v) is 39.3. The number of ether oxygens (including phenoxy) is 3. The number of fused-ring (bicyclic) bond motifs is 1. The molecule has 3 N–H and O–H groups in total. The molecular weight excluding hydrogens is 893 g/mol. The van der Waals surface area contributed by atoms with Crippen molar-refractivity contribution in [3.05, 3.63) is 77.3 Å². The van der Waals surface area contributed by atoms with Gasteiger partial charge in [0, 0.05) is 80.4 Å². The van der Waals surface area contributed by atoms with Crippen LogP contribution in [0.4, 0.5) is 29.5 Å². The predicted octanol–water partition coefficient (Wildman–Crippen LogP) is 8.33. The summed E-state index contributed by atoms with van der Waals surface area (Å²) in [7, 11) is 1.26. The number of anilines is 2. The molecule has 4 aliphatic rings. The van der Waals surface area contributed by atoms with Crippen molar-refractivity contribution in [1.82, 2.24) is 30.1 Å². The zero-order chi connectivity index (χ0) is 48.2. The number of methoxy groups -OCH3 is 1. The number of carbonyl (C=O) groups excluding carboxylic acids is 4. The van der Waals surface area contributed by atoms with E-state index in [4.69, 9.17) is 26.1 Å². The summed E-state index contributed by atoms with van der Waals surface area (Å²) in [6.45, 7) is 15.1. The lowest BCUT2D eigenvalue weighted by Gasteiger charge is -2.42. The van der Waals surface area contributed by atoms with E-state index >= 15 is 0 Å². The van der Waals surface area contributed by atoms with E-state index in [-0.39, 0.29) is 68.9 Å². The minimum absolute atomic E-state index is 0.0285. The third-order valence-electron chi connectivity index (χ3n) is 13.7. The fourth-order valence-corrected chi connectivity index (χ4v) is 10.2. The minimum Gasteiger partial charge on any atom is -0.453 e. The molecule has 358 valence electrons. The predicted molar refractivity (Wildman–Crippen MR) is 244 cm³/mol. The van der Waals surface area contributed by atoms with Crippen LogP contribution in [0.2, 0.25) is 5.02 Å². The average Bonchev–Trinajstić information content (AvgIpc) is 3.67. The van der Waals surface area contributed by atoms with Gasteiger partial charge in [0.25, 0.3) is 5.91 Å². The largest absolute Gasteiger partial charge is 0.573 e. The van der Waals surface area contributed by atoms with Crippen LogP contribution >= 0.6 is 11.6 Å². The number of carbonyl (C=O) groups is 4. The Morgan fingerprint density at radius 1 is 0.985 bits per heavy atom. The Balaban J connectivity index is 0.981. The molecule has 5 atom stereocenters. The number of alkyl carbamates (subject to hydrolysis) is 1. The maximum absolute atomic E-state index is 14.3. The topological polar surface area (TPSA) is 171 Å². The third kappa shape index (κ3) is 9.91. The van der Waals surface area contributed by atoms with Crippen LogP contribution in [0, 0.1) is 28.6 Å². The molecule has 15 nitrogen and oxygen atoms in total. The van der Waals surface area contributed by atoms with E-state index in [2.05, 4.69) is 44.1 Å². The Morgan fingerprint density at radius 2 is 1.69 bits per heavy atom. The van der Waals surface area contributed by atoms with Crippen LogP contribution in [0.25, 0.3) is 22.4 Å². The molecule has 67 heavy (non-hydrogen) atoms. The Bertz CT molecular complexity index is 2510. The summed E-state index contributed by atoms with van der Waals surface area (Å²) in [4.78, 5) is 71.5. The smallest absolute Gasteiger partial charge is 0.453 e. The van der Waals surface area contributed by atoms with E-state index in [0.717, 1.165) is 6.07 Å². The highest BCUT2D eigenvalue weighted by molar-refractivity contribution is 6.34. The first kappa shape index (κ1) is 47.6. The lowest BCUT2D eigenvalue weighted by molar-refractivity contribution is -0.274. The highest BCUT2D eigenvalue weighted by atomic mass is 35.5. The first-order valence-electron chi connectivity index (χ1n) is 22.5. The molecule has 4 amide bonds. The number of alkyl halides is 3. The van der Waals surface area contributed by atoms with Gasteiger partial charge in [-0.25, -0.2) is 14.8 Å². The van der Waals surface area contributed by atoms with Crippen LogP contribution in [0.1, 0.15) is 76.6 Å². The molecule has 5 heterocycles. The number of nitrogens with zero attached hydrogens (tertiary/aromatic N) is 5. The van der Waals surface area contributed by atoms with Crippen molar-refractivity contribution in [3.63, 3.8) is 0 Å². The van der Waals surface area contributed by atoms with Crippen molar-refractivity contribution < 1.29 is 46.6 Å². The fourth-order valence-electron chi connectivity index (χ4n) is 10.0. The number of nitrogens with one attached hydrogen (secondary N) is 3. The summed E-state index contributed by atoms with van der Waals surface area (Å²) in [5.74, 6) is 0.0885. The van der Waals surface area contributed by atoms with Crippen LogP contribution in [-0.4, -0.2) is 114 Å². The maximum atomic E-state index is 14.3. The molecule has 19 heteroatoms. The number of imidazole rings is 1. The number of aromatic nitrogens is 3. The average molecular weight is 949 g/mol. The number of aromatic amines is 1. The van der Waals surface area contributed by atoms with Gasteiger partial charge in [-0.3, -0.25) is 14.4 Å². The summed E-state index contributed by atoms with van der Waals surface area (Å²) in [5.41, 5.74) is 1.10. The number of piperazine rings is 1. The Kier molecular flexibility index (Phi) is 13.0. The molecular formula is C48H56ClF3N8O7. The second-order valence-electron chi connectivity index (χ2n) is 19.5. The van der Waals surface area contributed by atoms with Crippen LogP contribution < -0.4 is 20.3 Å². The van der Waals surface area contributed by atoms with Crippen molar-refractivity contribution in [2.24, 2.45) is 28.6 Å². The molecule has 1 aliphatic carbocycles. The number of H-pyrrole nitrogens is 1. The second kappa shape index (κ2) is 18.3. The standard InChI is InChI=1S/C48H56ClF3N8O7/c1-26-24-58(44(63)46(2,3)4)16-17-59(26)37-13-12-30(22-53-37)42(61)56-34-21-36(67-48(50,51)52)31(20-33(34)49)27-8-10-28(11-9-27)35-23-54-41(55-35)40-38-32(47(38,5)6)25-60(40)43(62)39(57-45(64)65-7)29-14-18-66-19-15-29/h8-13,20-23,26,29,32,38-40H,14-19,24-25H2,1-7H3,(H,54,55)(H,56,61)(H,57,64)/t26-,32+,38+,39+,40+/m1/s1. The first-order chi connectivity index (χ1) is 31.6. The molecule has 0 bridgehead atoms. The summed E-state index contributed by atoms with van der Waals surface area (Å²) >= 11 is 6.64. The molecule has 0 radical (unpaired) electrons. The lowest BCUT2D eigenvalue weighted by Crippen LogP contribution is -2.56. The van der Waals surface area contributed by atoms with Gasteiger partial charge < -0.3 is 44.5 Å². The molecule has 0 unspecified atom stereocenters. The van der Waals surface area contributed by atoms with Gasteiger partial charge in [-0.15, -0.1) is 13.2 Å². The number of halogens is 4. The van der Waals surface area contributed by atoms with E-state index in [1.807, 2.05) is 37.5 Å². The van der Waals surface area contributed by atoms with E-state index < -0.39 is 35.6 Å². The van der Waals surface area contributed by atoms with Crippen molar-refractivity contribution in [2.75, 3.05) is 56.7 Å². The fraction of sp³-hybridized carbons (Fsp3) is 0.500. The molecule has 3 aliphatic heterocycles. The van der Waals surface area contributed by atoms with E-state index in [9.17, 15) is 32.3 Å². The summed E-state index contributed by atoms with van der Waals surface area (Å²) < 4.78 is 56.5. The Labute approximate surface area is 392 Å². The minimum atomic E-state index is -5.07. The molecule has 4 aromatic rings. The molecule has 4 fully saturated rings. The molecule has 0 spiro atoms. The SMILES string of the molecule is COC(=O)N[C@H](C(=O)N1C[C@H]2[C@@H]([C@H]1c1nc(-c3ccc(-c4cc(Cl)c(NC(=O)c5ccc(N6CCN(C(=O)C(C)(C)C)C[C@H]6C)nc5)cc4OC(F)(F)F)cc3)c[nH]1)C2(C)C)C1CCOCC1. The van der Waals surface area contributed by atoms with Crippen molar-refractivity contribution in [2.45, 2.75) is 78.9 Å². The van der Waals surface area contributed by atoms with Crippen molar-refractivity contribution >= 4 is 46.9 Å². The van der Waals surface area contributed by atoms with Gasteiger partial charge in [0.05, 0.1) is 35.1 Å². The summed E-state index contributed by atoms with van der Waals surface area (Å²) in [6, 6.07) is 11.0. The molecule has 2 aromatic carbocycles. The van der Waals surface area contributed by atoms with Crippen LogP contribution in [0.3, 0.4) is 0 Å². The number of rotatable bonds is 10. The van der Waals surface area contributed by atoms with Crippen LogP contribution in [0.15, 0.2) is 60.9 Å². The van der Waals surface area contributed by atoms with E-state index in [0.29, 0.717) is 80.7 Å². The highest BCUT2D eigenvalue weighted by Gasteiger charge is 2.69. The first-order valence-corrected chi connectivity index (χ1v) is 22.8. The molecule has 3 saturated heterocycles. The molecule has 2 aromatic heterocycles. The van der Waals surface area contributed by atoms with Gasteiger partial charge in [-0.05, 0) is 66.7 Å². The van der Waals surface area contributed by atoms with Gasteiger partial charge in [-0.2, -0.15) is 0 Å². The monoisotopic (exact) mass is 948 g/mol. The Morgan fingerprint density at radius 3 is 2.31 bits per heavy atom. The lowest BCUT2D eigenvalue weighted by atomic mass is 9.90. The number of amides is 4. The Hall–Kier alpha value is -5.88. The second-order valence-corrected chi connectivity index (χ2v) is 19.9. The third-order valence-corrected chi connectivity index (χ3v) is 14.0. The van der Waals surface area contributed by atoms with Crippen molar-refractivity contribution in [3.8, 4) is 28.1 Å². The number of hydrogen-bond donors (Lipinski definition) is 3. The number of benzene rings is 2. The number of hydrogen-bond acceptors (Lipinski definition) is 10. The zero-order valence-electron chi connectivity index (χ0n) is 38.5. The van der Waals surface area contributed by atoms with Gasteiger partial charge in [0.15, 0.2) is 0 Å². The maximum Gasteiger partial charge on any atom is 0.573 e. The molecule has 8 rings (SSSR count). The summed E-state index contributed by atoms with van der Waals surface area (Å²) in [6.07, 6.45) is -1.41. The normalized spacial score (nSPS) is 22.2. The van der Waals surface area contributed by atoms with Gasteiger partial charge in [-0.1, -0.05) is 70.5 Å². The van der Waals surface area contributed by atoms with Gasteiger partial charge >= 0.3 is 12.5 Å². The van der Waals surface area contributed by atoms with Gasteiger partial charge in [0.2, 0.25) is 11.8 Å². The summed E-state index contributed by atoms with van der Waals surface area (Å²) in [5, 5.41) is 5.36. The van der Waals surface area contributed by atoms with E-state index in [1.54, 1.807) is 42.6 Å². The number of pyridine rings is 1. The van der Waals surface area contributed by atoms with Crippen LogP contribution in [-0.2, 0) is 19.1 Å². The van der Waals surface area contributed by atoms with Crippen LogP contribution in [0.5, 0.6) is 5.75 Å². The quantitative estimate of drug-likeness (QED) is 0.140. The van der Waals surface area contributed by atoms with E-state index in [1.165, 1.54) is 19.4 Å². The highest BCUT2D eigenvalue weighted by Crippen LogP contribution is 2.69. The number of likely N-dealkylation sites (tertiary alicyclic amines) is 1. The van der Waals surface area contributed by atoms with Gasteiger partial charge in [0.1, 0.15) is 23.4 Å². The van der Waals surface area contributed by atoms with Crippen molar-refractivity contribution in [1.29, 1.82) is 0 Å².